The van der Waals surface area contributed by atoms with Crippen molar-refractivity contribution in [2.45, 2.75) is 58.0 Å². The van der Waals surface area contributed by atoms with Gasteiger partial charge in [-0.25, -0.2) is 0 Å². The Labute approximate surface area is 202 Å². The van der Waals surface area contributed by atoms with Crippen molar-refractivity contribution >= 4 is 22.6 Å². The van der Waals surface area contributed by atoms with Crippen LogP contribution >= 0.6 is 22.6 Å². The van der Waals surface area contributed by atoms with E-state index in [-0.39, 0.29) is 29.7 Å². The van der Waals surface area contributed by atoms with Crippen LogP contribution < -0.4 is 4.74 Å². The number of hydrogen-bond acceptors (Lipinski definition) is 3. The fourth-order valence-corrected chi connectivity index (χ4v) is 3.82. The fourth-order valence-electron chi connectivity index (χ4n) is 3.49. The first-order valence-electron chi connectivity index (χ1n) is 10.2. The molecule has 2 aromatic carbocycles. The number of hydrogen-bond donors (Lipinski definition) is 0. The molecule has 0 aliphatic carbocycles. The molecule has 0 N–H and O–H groups in total. The molecular weight excluding hydrogens is 565 g/mol. The second-order valence-electron chi connectivity index (χ2n) is 7.47. The lowest BCUT2D eigenvalue weighted by Crippen LogP contribution is -2.56. The van der Waals surface area contributed by atoms with E-state index in [0.29, 0.717) is 12.2 Å². The second-order valence-corrected chi connectivity index (χ2v) is 8.63. The van der Waals surface area contributed by atoms with Crippen LogP contribution in [0.25, 0.3) is 0 Å². The van der Waals surface area contributed by atoms with Crippen molar-refractivity contribution in [3.8, 4) is 11.5 Å². The van der Waals surface area contributed by atoms with Crippen molar-refractivity contribution in [1.82, 2.24) is 0 Å². The minimum absolute atomic E-state index is 0.152. The van der Waals surface area contributed by atoms with E-state index in [2.05, 4.69) is 32.1 Å². The number of rotatable bonds is 9. The number of benzene rings is 2. The molecule has 33 heavy (non-hydrogen) atoms. The first-order chi connectivity index (χ1) is 15.3. The van der Waals surface area contributed by atoms with Gasteiger partial charge in [0.15, 0.2) is 0 Å². The number of ether oxygens (including phenoxy) is 3. The van der Waals surface area contributed by atoms with E-state index in [0.717, 1.165) is 28.4 Å². The van der Waals surface area contributed by atoms with Gasteiger partial charge in [-0.1, -0.05) is 20.3 Å². The molecule has 0 fully saturated rings. The van der Waals surface area contributed by atoms with E-state index in [1.807, 2.05) is 13.0 Å². The van der Waals surface area contributed by atoms with E-state index >= 15 is 0 Å². The van der Waals surface area contributed by atoms with Crippen molar-refractivity contribution in [3.63, 3.8) is 0 Å². The van der Waals surface area contributed by atoms with Gasteiger partial charge in [-0.15, -0.1) is 0 Å². The zero-order valence-corrected chi connectivity index (χ0v) is 20.7. The summed E-state index contributed by atoms with van der Waals surface area (Å²) in [5.41, 5.74) is -4.21. The number of methoxy groups -OCH3 is 1. The Morgan fingerprint density at radius 3 is 2.00 bits per heavy atom. The lowest BCUT2D eigenvalue weighted by atomic mass is 9.87. The van der Waals surface area contributed by atoms with Gasteiger partial charge < -0.3 is 14.2 Å². The molecule has 0 aliphatic rings. The van der Waals surface area contributed by atoms with Gasteiger partial charge >= 0.3 is 12.4 Å². The smallest absolute Gasteiger partial charge is 0.430 e. The Morgan fingerprint density at radius 1 is 0.909 bits per heavy atom. The van der Waals surface area contributed by atoms with Gasteiger partial charge in [0.25, 0.3) is 5.60 Å². The molecule has 3 nitrogen and oxygen atoms in total. The number of alkyl halides is 6. The molecule has 0 unspecified atom stereocenters. The van der Waals surface area contributed by atoms with Crippen LogP contribution in [0.3, 0.4) is 0 Å². The first kappa shape index (κ1) is 27.7. The fraction of sp³-hybridized carbons (Fsp3) is 0.478. The highest BCUT2D eigenvalue weighted by Gasteiger charge is 2.73. The maximum Gasteiger partial charge on any atom is 0.430 e. The standard InChI is InChI=1S/C23H25F6IO3/c1-5-7-16-12-17(21(22(24,25)26,23(27,28)29)32-13-31-4)11-15(6-2)20(16)33-18-8-9-19(30)14(3)10-18/h8-12H,5-7,13H2,1-4H3. The summed E-state index contributed by atoms with van der Waals surface area (Å²) in [4.78, 5) is 0. The van der Waals surface area contributed by atoms with Crippen LogP contribution in [0, 0.1) is 10.5 Å². The van der Waals surface area contributed by atoms with E-state index < -0.39 is 30.3 Å². The monoisotopic (exact) mass is 590 g/mol. The molecule has 0 saturated carbocycles. The minimum atomic E-state index is -5.78. The molecule has 0 radical (unpaired) electrons. The Balaban J connectivity index is 2.77. The summed E-state index contributed by atoms with van der Waals surface area (Å²) in [6.45, 7) is 4.10. The largest absolute Gasteiger partial charge is 0.457 e. The average molecular weight is 590 g/mol. The molecule has 0 amide bonds. The molecule has 184 valence electrons. The molecule has 10 heteroatoms. The highest BCUT2D eigenvalue weighted by molar-refractivity contribution is 14.1. The third-order valence-corrected chi connectivity index (χ3v) is 6.30. The Kier molecular flexibility index (Phi) is 9.08. The zero-order valence-electron chi connectivity index (χ0n) is 18.6. The minimum Gasteiger partial charge on any atom is -0.457 e. The number of halogens is 7. The van der Waals surface area contributed by atoms with E-state index in [1.54, 1.807) is 26.0 Å². The average Bonchev–Trinajstić information content (AvgIpc) is 2.70. The maximum atomic E-state index is 14.0. The van der Waals surface area contributed by atoms with Crippen LogP contribution in [0.4, 0.5) is 26.3 Å². The molecule has 0 spiro atoms. The molecule has 0 atom stereocenters. The summed E-state index contributed by atoms with van der Waals surface area (Å²) in [5, 5.41) is 0. The molecule has 2 rings (SSSR count). The van der Waals surface area contributed by atoms with Crippen LogP contribution in [0.2, 0.25) is 0 Å². The van der Waals surface area contributed by atoms with Crippen LogP contribution in [0.5, 0.6) is 11.5 Å². The van der Waals surface area contributed by atoms with Crippen LogP contribution in [0.15, 0.2) is 30.3 Å². The molecule has 0 aromatic heterocycles. The lowest BCUT2D eigenvalue weighted by Gasteiger charge is -2.37. The summed E-state index contributed by atoms with van der Waals surface area (Å²) in [7, 11) is 0.956. The molecule has 0 heterocycles. The highest BCUT2D eigenvalue weighted by atomic mass is 127. The second kappa shape index (κ2) is 10.8. The molecular formula is C23H25F6IO3. The van der Waals surface area contributed by atoms with Crippen molar-refractivity contribution < 1.29 is 40.6 Å². The van der Waals surface area contributed by atoms with Gasteiger partial charge in [-0.3, -0.25) is 0 Å². The first-order valence-corrected chi connectivity index (χ1v) is 11.3. The predicted molar refractivity (Wildman–Crippen MR) is 121 cm³/mol. The summed E-state index contributed by atoms with van der Waals surface area (Å²) < 4.78 is 100. The van der Waals surface area contributed by atoms with Crippen molar-refractivity contribution in [2.75, 3.05) is 13.9 Å². The SMILES string of the molecule is CCCc1cc(C(OCOC)(C(F)(F)F)C(F)(F)F)cc(CC)c1Oc1ccc(I)c(C)c1. The summed E-state index contributed by atoms with van der Waals surface area (Å²) in [6, 6.07) is 7.04. The van der Waals surface area contributed by atoms with E-state index in [4.69, 9.17) is 4.74 Å². The van der Waals surface area contributed by atoms with E-state index in [9.17, 15) is 26.3 Å². The highest BCUT2D eigenvalue weighted by Crippen LogP contribution is 2.54. The predicted octanol–water partition coefficient (Wildman–Crippen LogP) is 7.85. The maximum absolute atomic E-state index is 14.0. The number of aryl methyl sites for hydroxylation is 3. The Bertz CT molecular complexity index is 942. The van der Waals surface area contributed by atoms with Gasteiger partial charge in [-0.05, 0) is 89.4 Å². The van der Waals surface area contributed by atoms with Gasteiger partial charge in [0, 0.05) is 16.2 Å². The Morgan fingerprint density at radius 2 is 1.52 bits per heavy atom. The van der Waals surface area contributed by atoms with E-state index in [1.165, 1.54) is 0 Å². The van der Waals surface area contributed by atoms with Gasteiger partial charge in [0.2, 0.25) is 0 Å². The Hall–Kier alpha value is -1.53. The third-order valence-electron chi connectivity index (χ3n) is 5.09. The van der Waals surface area contributed by atoms with Crippen molar-refractivity contribution in [1.29, 1.82) is 0 Å². The van der Waals surface area contributed by atoms with Crippen molar-refractivity contribution in [2.24, 2.45) is 0 Å². The third kappa shape index (κ3) is 5.76. The van der Waals surface area contributed by atoms with Gasteiger partial charge in [0.05, 0.1) is 0 Å². The van der Waals surface area contributed by atoms with Gasteiger partial charge in [-0.2, -0.15) is 26.3 Å². The summed E-state index contributed by atoms with van der Waals surface area (Å²) >= 11 is 2.15. The molecule has 2 aromatic rings. The van der Waals surface area contributed by atoms with Crippen molar-refractivity contribution in [3.05, 3.63) is 56.2 Å². The summed E-state index contributed by atoms with van der Waals surface area (Å²) in [6.07, 6.45) is -10.7. The van der Waals surface area contributed by atoms with Gasteiger partial charge in [0.1, 0.15) is 18.3 Å². The molecule has 0 bridgehead atoms. The quantitative estimate of drug-likeness (QED) is 0.169. The lowest BCUT2D eigenvalue weighted by molar-refractivity contribution is -0.400. The zero-order chi connectivity index (χ0) is 25.0. The molecule has 0 aliphatic heterocycles. The van der Waals surface area contributed by atoms with Crippen LogP contribution in [-0.2, 0) is 27.9 Å². The summed E-state index contributed by atoms with van der Waals surface area (Å²) in [5.74, 6) is 0.704. The van der Waals surface area contributed by atoms with Crippen LogP contribution in [0.1, 0.15) is 42.5 Å². The van der Waals surface area contributed by atoms with Crippen LogP contribution in [-0.4, -0.2) is 26.3 Å². The normalized spacial score (nSPS) is 12.8. The molecule has 0 saturated heterocycles. The topological polar surface area (TPSA) is 27.7 Å².